The number of pyridine rings is 2. The van der Waals surface area contributed by atoms with Crippen molar-refractivity contribution in [2.45, 2.75) is 13.5 Å². The Morgan fingerprint density at radius 2 is 1.73 bits per heavy atom. The second kappa shape index (κ2) is 7.94. The third-order valence-electron chi connectivity index (χ3n) is 4.62. The van der Waals surface area contributed by atoms with Gasteiger partial charge in [-0.2, -0.15) is 0 Å². The molecular weight excluding hydrogens is 391 g/mol. The van der Waals surface area contributed by atoms with E-state index in [-0.39, 0.29) is 17.8 Å². The summed E-state index contributed by atoms with van der Waals surface area (Å²) >= 11 is 0. The van der Waals surface area contributed by atoms with Crippen molar-refractivity contribution in [1.29, 1.82) is 0 Å². The Labute approximate surface area is 170 Å². The molecule has 2 aromatic carbocycles. The zero-order valence-corrected chi connectivity index (χ0v) is 15.9. The van der Waals surface area contributed by atoms with Gasteiger partial charge in [0.2, 0.25) is 0 Å². The molecule has 4 rings (SSSR count). The summed E-state index contributed by atoms with van der Waals surface area (Å²) in [6.07, 6.45) is 1.56. The number of aryl methyl sites for hydroxylation is 1. The fraction of sp³-hybridized carbons (Fsp3) is 0.0870. The Bertz CT molecular complexity index is 1240. The van der Waals surface area contributed by atoms with Crippen LogP contribution in [0.1, 0.15) is 21.7 Å². The molecular formula is C23H16F3N3O. The topological polar surface area (TPSA) is 46.1 Å². The lowest BCUT2D eigenvalue weighted by Crippen LogP contribution is -2.32. The van der Waals surface area contributed by atoms with Crippen LogP contribution in [0.2, 0.25) is 0 Å². The van der Waals surface area contributed by atoms with Gasteiger partial charge in [0.1, 0.15) is 17.5 Å². The molecule has 0 radical (unpaired) electrons. The summed E-state index contributed by atoms with van der Waals surface area (Å²) in [5.41, 5.74) is 1.49. The smallest absolute Gasteiger partial charge is 0.259 e. The quantitative estimate of drug-likeness (QED) is 0.467. The number of carbonyl (C=O) groups is 1. The van der Waals surface area contributed by atoms with Crippen molar-refractivity contribution in [3.05, 3.63) is 101 Å². The van der Waals surface area contributed by atoms with Crippen molar-refractivity contribution in [2.75, 3.05) is 4.90 Å². The van der Waals surface area contributed by atoms with E-state index in [1.807, 2.05) is 0 Å². The van der Waals surface area contributed by atoms with Crippen LogP contribution in [0, 0.1) is 24.4 Å². The van der Waals surface area contributed by atoms with Gasteiger partial charge in [0.15, 0.2) is 0 Å². The Kier molecular flexibility index (Phi) is 5.18. The van der Waals surface area contributed by atoms with Crippen LogP contribution in [-0.2, 0) is 6.54 Å². The van der Waals surface area contributed by atoms with Crippen molar-refractivity contribution < 1.29 is 18.0 Å². The molecule has 0 fully saturated rings. The highest BCUT2D eigenvalue weighted by Gasteiger charge is 2.24. The Hall–Kier alpha value is -3.74. The molecule has 4 aromatic rings. The fourth-order valence-electron chi connectivity index (χ4n) is 3.28. The average molecular weight is 407 g/mol. The molecule has 0 aliphatic heterocycles. The lowest BCUT2D eigenvalue weighted by atomic mass is 10.1. The maximum Gasteiger partial charge on any atom is 0.259 e. The zero-order valence-electron chi connectivity index (χ0n) is 15.9. The monoisotopic (exact) mass is 407 g/mol. The van der Waals surface area contributed by atoms with E-state index < -0.39 is 23.4 Å². The number of nitrogens with zero attached hydrogens (tertiary/aromatic N) is 3. The number of hydrogen-bond donors (Lipinski definition) is 0. The first-order valence-corrected chi connectivity index (χ1v) is 9.16. The highest BCUT2D eigenvalue weighted by atomic mass is 19.1. The number of aromatic nitrogens is 2. The minimum Gasteiger partial charge on any atom is -0.299 e. The molecule has 0 spiro atoms. The Morgan fingerprint density at radius 3 is 2.47 bits per heavy atom. The second-order valence-corrected chi connectivity index (χ2v) is 6.78. The van der Waals surface area contributed by atoms with Gasteiger partial charge in [-0.05, 0) is 49.4 Å². The van der Waals surface area contributed by atoms with Gasteiger partial charge in [-0.15, -0.1) is 0 Å². The number of fused-ring (bicyclic) bond motifs is 1. The first kappa shape index (κ1) is 19.6. The summed E-state index contributed by atoms with van der Waals surface area (Å²) in [4.78, 5) is 23.2. The van der Waals surface area contributed by atoms with Gasteiger partial charge in [0.25, 0.3) is 5.91 Å². The summed E-state index contributed by atoms with van der Waals surface area (Å²) in [5, 5.41) is 0.431. The second-order valence-electron chi connectivity index (χ2n) is 6.78. The molecule has 0 bridgehead atoms. The maximum atomic E-state index is 14.6. The summed E-state index contributed by atoms with van der Waals surface area (Å²) < 4.78 is 41.7. The van der Waals surface area contributed by atoms with Gasteiger partial charge in [0, 0.05) is 29.4 Å². The van der Waals surface area contributed by atoms with Crippen molar-refractivity contribution in [3.63, 3.8) is 0 Å². The van der Waals surface area contributed by atoms with E-state index in [1.54, 1.807) is 37.4 Å². The predicted octanol–water partition coefficient (Wildman–Crippen LogP) is 5.20. The lowest BCUT2D eigenvalue weighted by Gasteiger charge is -2.24. The number of anilines is 1. The van der Waals surface area contributed by atoms with E-state index in [2.05, 4.69) is 9.97 Å². The van der Waals surface area contributed by atoms with Crippen molar-refractivity contribution in [1.82, 2.24) is 9.97 Å². The number of benzene rings is 2. The van der Waals surface area contributed by atoms with E-state index in [0.717, 1.165) is 12.1 Å². The van der Waals surface area contributed by atoms with Crippen LogP contribution in [0.25, 0.3) is 10.9 Å². The Balaban J connectivity index is 1.87. The van der Waals surface area contributed by atoms with Gasteiger partial charge in [0.05, 0.1) is 29.0 Å². The molecule has 0 aliphatic carbocycles. The van der Waals surface area contributed by atoms with Gasteiger partial charge >= 0.3 is 0 Å². The van der Waals surface area contributed by atoms with Crippen LogP contribution in [0.4, 0.5) is 18.9 Å². The highest BCUT2D eigenvalue weighted by Crippen LogP contribution is 2.27. The number of rotatable bonds is 4. The minimum absolute atomic E-state index is 0.0354. The molecule has 0 saturated carbocycles. The van der Waals surface area contributed by atoms with E-state index >= 15 is 0 Å². The summed E-state index contributed by atoms with van der Waals surface area (Å²) in [7, 11) is 0. The number of carbonyl (C=O) groups excluding carboxylic acids is 1. The van der Waals surface area contributed by atoms with Crippen LogP contribution in [0.15, 0.2) is 66.9 Å². The first-order chi connectivity index (χ1) is 14.4. The van der Waals surface area contributed by atoms with Crippen LogP contribution < -0.4 is 4.90 Å². The first-order valence-electron chi connectivity index (χ1n) is 9.16. The van der Waals surface area contributed by atoms with E-state index in [1.165, 1.54) is 29.2 Å². The largest absolute Gasteiger partial charge is 0.299 e. The number of amides is 1. The van der Waals surface area contributed by atoms with Crippen LogP contribution in [-0.4, -0.2) is 15.9 Å². The van der Waals surface area contributed by atoms with Gasteiger partial charge in [-0.25, -0.2) is 13.2 Å². The number of halogens is 3. The Morgan fingerprint density at radius 1 is 0.967 bits per heavy atom. The SMILES string of the molecule is Cc1cc(C(=O)N(Cc2ccccn2)c2ccc(F)cc2F)c2ccc(F)cc2n1. The lowest BCUT2D eigenvalue weighted by molar-refractivity contribution is 0.0985. The third-order valence-corrected chi connectivity index (χ3v) is 4.62. The number of hydrogen-bond acceptors (Lipinski definition) is 3. The molecule has 7 heteroatoms. The van der Waals surface area contributed by atoms with E-state index in [4.69, 9.17) is 0 Å². The third kappa shape index (κ3) is 3.87. The molecule has 4 nitrogen and oxygen atoms in total. The van der Waals surface area contributed by atoms with Crippen molar-refractivity contribution in [2.24, 2.45) is 0 Å². The van der Waals surface area contributed by atoms with Crippen LogP contribution >= 0.6 is 0 Å². The average Bonchev–Trinajstić information content (AvgIpc) is 2.72. The summed E-state index contributed by atoms with van der Waals surface area (Å²) in [6, 6.07) is 13.7. The molecule has 150 valence electrons. The molecule has 2 aromatic heterocycles. The summed E-state index contributed by atoms with van der Waals surface area (Å²) in [5.74, 6) is -2.63. The molecule has 0 N–H and O–H groups in total. The van der Waals surface area contributed by atoms with Crippen molar-refractivity contribution in [3.8, 4) is 0 Å². The minimum atomic E-state index is -0.875. The molecule has 0 unspecified atom stereocenters. The van der Waals surface area contributed by atoms with Crippen LogP contribution in [0.3, 0.4) is 0 Å². The molecule has 30 heavy (non-hydrogen) atoms. The van der Waals surface area contributed by atoms with E-state index in [0.29, 0.717) is 22.3 Å². The molecule has 1 amide bonds. The van der Waals surface area contributed by atoms with Crippen molar-refractivity contribution >= 4 is 22.5 Å². The summed E-state index contributed by atoms with van der Waals surface area (Å²) in [6.45, 7) is 1.65. The standard InChI is InChI=1S/C23H16F3N3O/c1-14-10-19(18-7-5-16(25)12-21(18)28-14)23(30)29(13-17-4-2-3-9-27-17)22-8-6-15(24)11-20(22)26/h2-12H,13H2,1H3. The molecule has 2 heterocycles. The highest BCUT2D eigenvalue weighted by molar-refractivity contribution is 6.13. The molecule has 0 aliphatic rings. The fourth-order valence-corrected chi connectivity index (χ4v) is 3.28. The molecule has 0 saturated heterocycles. The molecule has 0 atom stereocenters. The van der Waals surface area contributed by atoms with Gasteiger partial charge in [-0.1, -0.05) is 6.07 Å². The normalized spacial score (nSPS) is 10.9. The van der Waals surface area contributed by atoms with Gasteiger partial charge in [-0.3, -0.25) is 19.7 Å². The predicted molar refractivity (Wildman–Crippen MR) is 108 cm³/mol. The zero-order chi connectivity index (χ0) is 21.3. The van der Waals surface area contributed by atoms with Gasteiger partial charge < -0.3 is 0 Å². The van der Waals surface area contributed by atoms with E-state index in [9.17, 15) is 18.0 Å². The van der Waals surface area contributed by atoms with Crippen LogP contribution in [0.5, 0.6) is 0 Å². The maximum absolute atomic E-state index is 14.6.